The van der Waals surface area contributed by atoms with Crippen molar-refractivity contribution in [1.82, 2.24) is 4.57 Å². The number of fused-ring (bicyclic) bond motifs is 1. The topological polar surface area (TPSA) is 110 Å². The number of hydrogen-bond donors (Lipinski definition) is 2. The predicted molar refractivity (Wildman–Crippen MR) is 150 cm³/mol. The summed E-state index contributed by atoms with van der Waals surface area (Å²) in [7, 11) is -3.50. The van der Waals surface area contributed by atoms with Crippen LogP contribution >= 0.6 is 0 Å². The maximum absolute atomic E-state index is 14.8. The molecule has 202 valence electrons. The highest BCUT2D eigenvalue weighted by Crippen LogP contribution is 2.41. The van der Waals surface area contributed by atoms with Gasteiger partial charge in [0.05, 0.1) is 22.2 Å². The largest absolute Gasteiger partial charge is 0.421 e. The minimum absolute atomic E-state index is 0.00611. The van der Waals surface area contributed by atoms with Gasteiger partial charge in [0.1, 0.15) is 11.2 Å². The lowest BCUT2D eigenvalue weighted by molar-refractivity contribution is 0.553. The molecule has 4 aromatic rings. The molecule has 2 N–H and O–H groups in total. The lowest BCUT2D eigenvalue weighted by Crippen LogP contribution is -2.25. The number of hydrogen-bond acceptors (Lipinski definition) is 6. The number of aromatic nitrogens is 1. The summed E-state index contributed by atoms with van der Waals surface area (Å²) in [6.07, 6.45) is 2.93. The molecule has 2 aliphatic carbocycles. The summed E-state index contributed by atoms with van der Waals surface area (Å²) in [6.45, 7) is 5.10. The van der Waals surface area contributed by atoms with Crippen molar-refractivity contribution in [3.8, 4) is 11.1 Å². The number of halogens is 1. The number of nitrogens with one attached hydrogen (secondary N) is 2. The van der Waals surface area contributed by atoms with E-state index in [-0.39, 0.29) is 39.5 Å². The van der Waals surface area contributed by atoms with E-state index < -0.39 is 26.7 Å². The molecular weight excluding hydrogens is 521 g/mol. The molecule has 0 atom stereocenters. The number of anilines is 3. The third-order valence-corrected chi connectivity index (χ3v) is 9.28. The zero-order valence-corrected chi connectivity index (χ0v) is 22.6. The second-order valence-corrected chi connectivity index (χ2v) is 12.5. The number of benzene rings is 2. The zero-order chi connectivity index (χ0) is 27.6. The van der Waals surface area contributed by atoms with Gasteiger partial charge < -0.3 is 14.3 Å². The van der Waals surface area contributed by atoms with Crippen LogP contribution in [0.25, 0.3) is 22.1 Å². The first-order chi connectivity index (χ1) is 18.5. The van der Waals surface area contributed by atoms with Crippen molar-refractivity contribution in [2.75, 3.05) is 10.0 Å². The Morgan fingerprint density at radius 1 is 1.00 bits per heavy atom. The summed E-state index contributed by atoms with van der Waals surface area (Å²) >= 11 is 0. The van der Waals surface area contributed by atoms with E-state index in [9.17, 15) is 22.4 Å². The molecule has 0 radical (unpaired) electrons. The number of aryl methyl sites for hydroxylation is 1. The van der Waals surface area contributed by atoms with E-state index in [1.54, 1.807) is 54.8 Å². The number of rotatable bonds is 7. The SMILES string of the molecule is Cc1ccc(Nc2c(C)c(=O)oc3c(-c4cccc(NS(=O)(=O)C5CC5)c4)c(C)n(C4CC4)c(=O)c23)c(F)c1. The van der Waals surface area contributed by atoms with Gasteiger partial charge in [0, 0.05) is 23.0 Å². The van der Waals surface area contributed by atoms with Gasteiger partial charge in [-0.3, -0.25) is 9.52 Å². The molecule has 2 heterocycles. The van der Waals surface area contributed by atoms with Crippen LogP contribution in [0.5, 0.6) is 0 Å². The van der Waals surface area contributed by atoms with E-state index in [2.05, 4.69) is 10.0 Å². The smallest absolute Gasteiger partial charge is 0.341 e. The fourth-order valence-electron chi connectivity index (χ4n) is 5.05. The number of sulfonamides is 1. The molecule has 0 unspecified atom stereocenters. The molecule has 2 aliphatic rings. The molecule has 0 amide bonds. The van der Waals surface area contributed by atoms with Gasteiger partial charge in [-0.2, -0.15) is 0 Å². The Balaban J connectivity index is 1.61. The molecule has 0 saturated heterocycles. The Morgan fingerprint density at radius 2 is 1.74 bits per heavy atom. The van der Waals surface area contributed by atoms with Gasteiger partial charge in [-0.25, -0.2) is 17.6 Å². The van der Waals surface area contributed by atoms with Crippen LogP contribution in [0.3, 0.4) is 0 Å². The van der Waals surface area contributed by atoms with Crippen molar-refractivity contribution in [3.05, 3.63) is 85.9 Å². The van der Waals surface area contributed by atoms with E-state index in [0.29, 0.717) is 35.3 Å². The molecule has 2 aromatic heterocycles. The van der Waals surface area contributed by atoms with Crippen molar-refractivity contribution in [1.29, 1.82) is 0 Å². The summed E-state index contributed by atoms with van der Waals surface area (Å²) in [4.78, 5) is 27.0. The minimum Gasteiger partial charge on any atom is -0.421 e. The van der Waals surface area contributed by atoms with Crippen molar-refractivity contribution < 1.29 is 17.2 Å². The van der Waals surface area contributed by atoms with E-state index in [0.717, 1.165) is 18.4 Å². The van der Waals surface area contributed by atoms with Crippen LogP contribution in [-0.2, 0) is 10.0 Å². The Bertz CT molecular complexity index is 1890. The molecule has 0 aliphatic heterocycles. The summed E-state index contributed by atoms with van der Waals surface area (Å²) in [5.41, 5.74) is 2.37. The molecule has 2 saturated carbocycles. The predicted octanol–water partition coefficient (Wildman–Crippen LogP) is 5.67. The van der Waals surface area contributed by atoms with E-state index in [1.807, 2.05) is 0 Å². The molecule has 10 heteroatoms. The molecule has 39 heavy (non-hydrogen) atoms. The average Bonchev–Trinajstić information content (AvgIpc) is 3.77. The van der Waals surface area contributed by atoms with Crippen LogP contribution in [0.15, 0.2) is 56.5 Å². The third-order valence-electron chi connectivity index (χ3n) is 7.41. The van der Waals surface area contributed by atoms with Gasteiger partial charge in [-0.05, 0) is 81.8 Å². The molecule has 0 bridgehead atoms. The minimum atomic E-state index is -3.50. The first-order valence-electron chi connectivity index (χ1n) is 12.9. The molecule has 2 aromatic carbocycles. The van der Waals surface area contributed by atoms with Crippen LogP contribution in [0.2, 0.25) is 0 Å². The monoisotopic (exact) mass is 549 g/mol. The fourth-order valence-corrected chi connectivity index (χ4v) is 6.43. The normalized spacial score (nSPS) is 15.5. The Kier molecular flexibility index (Phi) is 5.91. The van der Waals surface area contributed by atoms with Crippen molar-refractivity contribution in [3.63, 3.8) is 0 Å². The third kappa shape index (κ3) is 4.52. The lowest BCUT2D eigenvalue weighted by Gasteiger charge is -2.20. The second-order valence-electron chi connectivity index (χ2n) is 10.5. The molecular formula is C29H28FN3O5S. The maximum Gasteiger partial charge on any atom is 0.341 e. The van der Waals surface area contributed by atoms with Crippen LogP contribution in [-0.4, -0.2) is 18.2 Å². The van der Waals surface area contributed by atoms with Crippen LogP contribution in [0, 0.1) is 26.6 Å². The van der Waals surface area contributed by atoms with Crippen LogP contribution in [0.1, 0.15) is 48.5 Å². The van der Waals surface area contributed by atoms with Gasteiger partial charge in [-0.1, -0.05) is 18.2 Å². The summed E-state index contributed by atoms with van der Waals surface area (Å²) in [6, 6.07) is 11.5. The van der Waals surface area contributed by atoms with E-state index in [1.165, 1.54) is 13.0 Å². The zero-order valence-electron chi connectivity index (χ0n) is 21.8. The highest BCUT2D eigenvalue weighted by molar-refractivity contribution is 7.93. The van der Waals surface area contributed by atoms with E-state index in [4.69, 9.17) is 4.42 Å². The fraction of sp³-hybridized carbons (Fsp3) is 0.310. The van der Waals surface area contributed by atoms with Gasteiger partial charge in [0.15, 0.2) is 5.58 Å². The summed E-state index contributed by atoms with van der Waals surface area (Å²) < 4.78 is 50.1. The van der Waals surface area contributed by atoms with Crippen molar-refractivity contribution in [2.45, 2.75) is 57.7 Å². The Labute approximate surface area is 224 Å². The summed E-state index contributed by atoms with van der Waals surface area (Å²) in [5, 5.41) is 2.75. The first-order valence-corrected chi connectivity index (χ1v) is 14.5. The van der Waals surface area contributed by atoms with Crippen molar-refractivity contribution >= 4 is 38.1 Å². The average molecular weight is 550 g/mol. The summed E-state index contributed by atoms with van der Waals surface area (Å²) in [5.74, 6) is -0.513. The van der Waals surface area contributed by atoms with Crippen LogP contribution < -0.4 is 21.2 Å². The molecule has 0 spiro atoms. The first kappa shape index (κ1) is 25.4. The standard InChI is InChI=1S/C29H28FN3O5S/c1-15-7-12-23(22(30)13-15)31-26-16(2)29(35)38-27-24(17(3)33(20-8-9-20)28(34)25(26)27)18-5-4-6-19(14-18)32-39(36,37)21-10-11-21/h4-7,12-14,20-21,31-32H,8-11H2,1-3H3. The van der Waals surface area contributed by atoms with Gasteiger partial charge >= 0.3 is 5.63 Å². The molecule has 2 fully saturated rings. The number of pyridine rings is 1. The van der Waals surface area contributed by atoms with E-state index >= 15 is 0 Å². The van der Waals surface area contributed by atoms with Gasteiger partial charge in [0.2, 0.25) is 10.0 Å². The quantitative estimate of drug-likeness (QED) is 0.307. The molecule has 8 nitrogen and oxygen atoms in total. The van der Waals surface area contributed by atoms with Gasteiger partial charge in [-0.15, -0.1) is 0 Å². The Hall–Kier alpha value is -3.92. The Morgan fingerprint density at radius 3 is 2.41 bits per heavy atom. The highest BCUT2D eigenvalue weighted by Gasteiger charge is 2.36. The van der Waals surface area contributed by atoms with Crippen molar-refractivity contribution in [2.24, 2.45) is 0 Å². The second kappa shape index (κ2) is 9.08. The van der Waals surface area contributed by atoms with Gasteiger partial charge in [0.25, 0.3) is 5.56 Å². The lowest BCUT2D eigenvalue weighted by atomic mass is 9.99. The maximum atomic E-state index is 14.8. The number of nitrogens with zero attached hydrogens (tertiary/aromatic N) is 1. The highest BCUT2D eigenvalue weighted by atomic mass is 32.2. The van der Waals surface area contributed by atoms with Crippen LogP contribution in [0.4, 0.5) is 21.5 Å². The molecule has 6 rings (SSSR count).